The number of nitrogens with two attached hydrogens (primary N) is 1. The predicted molar refractivity (Wildman–Crippen MR) is 58.6 cm³/mol. The van der Waals surface area contributed by atoms with Crippen molar-refractivity contribution in [2.24, 2.45) is 0 Å². The van der Waals surface area contributed by atoms with Gasteiger partial charge in [0.15, 0.2) is 0 Å². The average Bonchev–Trinajstić information content (AvgIpc) is 2.08. The molecule has 2 nitrogen and oxygen atoms in total. The van der Waals surface area contributed by atoms with Crippen molar-refractivity contribution in [1.29, 1.82) is 0 Å². The Morgan fingerprint density at radius 3 is 2.79 bits per heavy atom. The van der Waals surface area contributed by atoms with Crippen molar-refractivity contribution < 1.29 is 4.39 Å². The highest BCUT2D eigenvalue weighted by molar-refractivity contribution is 9.10. The summed E-state index contributed by atoms with van der Waals surface area (Å²) >= 11 is 3.13. The second-order valence-electron chi connectivity index (χ2n) is 3.12. The molecule has 0 amide bonds. The molecule has 4 heteroatoms. The summed E-state index contributed by atoms with van der Waals surface area (Å²) in [5.74, 6) is 0.167. The molecule has 0 fully saturated rings. The number of aromatic nitrogens is 1. The van der Waals surface area contributed by atoms with Crippen LogP contribution in [0.2, 0.25) is 0 Å². The lowest BCUT2D eigenvalue weighted by Crippen LogP contribution is -1.93. The molecule has 2 N–H and O–H groups in total. The summed E-state index contributed by atoms with van der Waals surface area (Å²) < 4.78 is 13.7. The number of halogens is 2. The van der Waals surface area contributed by atoms with Crippen molar-refractivity contribution in [3.8, 4) is 0 Å². The summed E-state index contributed by atoms with van der Waals surface area (Å²) in [6.07, 6.45) is 0. The van der Waals surface area contributed by atoms with Crippen LogP contribution in [0.1, 0.15) is 5.69 Å². The first kappa shape index (κ1) is 9.40. The van der Waals surface area contributed by atoms with Gasteiger partial charge in [0.05, 0.1) is 4.47 Å². The van der Waals surface area contributed by atoms with Gasteiger partial charge in [-0.15, -0.1) is 0 Å². The van der Waals surface area contributed by atoms with E-state index < -0.39 is 0 Å². The molecular weight excluding hydrogens is 247 g/mol. The first-order chi connectivity index (χ1) is 6.58. The zero-order valence-corrected chi connectivity index (χ0v) is 9.10. The van der Waals surface area contributed by atoms with Crippen molar-refractivity contribution in [2.45, 2.75) is 6.92 Å². The molecule has 1 aromatic carbocycles. The fourth-order valence-corrected chi connectivity index (χ4v) is 1.80. The number of pyridine rings is 1. The van der Waals surface area contributed by atoms with Crippen LogP contribution in [-0.4, -0.2) is 4.98 Å². The van der Waals surface area contributed by atoms with Gasteiger partial charge < -0.3 is 5.73 Å². The molecule has 2 aromatic rings. The normalized spacial score (nSPS) is 10.8. The third-order valence-electron chi connectivity index (χ3n) is 2.08. The lowest BCUT2D eigenvalue weighted by atomic mass is 10.1. The molecule has 14 heavy (non-hydrogen) atoms. The summed E-state index contributed by atoms with van der Waals surface area (Å²) in [6, 6.07) is 4.89. The van der Waals surface area contributed by atoms with Gasteiger partial charge in [0.2, 0.25) is 0 Å². The summed E-state index contributed by atoms with van der Waals surface area (Å²) in [7, 11) is 0. The molecule has 1 aromatic heterocycles. The SMILES string of the molecule is Cc1nc(N)cc2cc(Br)c(F)cc12. The van der Waals surface area contributed by atoms with Gasteiger partial charge in [-0.2, -0.15) is 0 Å². The highest BCUT2D eigenvalue weighted by atomic mass is 79.9. The van der Waals surface area contributed by atoms with Gasteiger partial charge in [-0.3, -0.25) is 0 Å². The lowest BCUT2D eigenvalue weighted by Gasteiger charge is -2.04. The zero-order valence-electron chi connectivity index (χ0n) is 7.51. The van der Waals surface area contributed by atoms with Crippen LogP contribution in [0, 0.1) is 12.7 Å². The molecular formula is C10H8BrFN2. The Balaban J connectivity index is 2.89. The molecule has 2 rings (SSSR count). The standard InChI is InChI=1S/C10H8BrFN2/c1-5-7-4-9(12)8(11)2-6(7)3-10(13)14-5/h2-4H,1H3,(H2,13,14). The molecule has 0 bridgehead atoms. The molecule has 0 aliphatic rings. The van der Waals surface area contributed by atoms with E-state index in [0.29, 0.717) is 10.3 Å². The van der Waals surface area contributed by atoms with Crippen molar-refractivity contribution in [3.05, 3.63) is 34.2 Å². The molecule has 0 saturated heterocycles. The van der Waals surface area contributed by atoms with Gasteiger partial charge in [0.1, 0.15) is 11.6 Å². The van der Waals surface area contributed by atoms with Crippen molar-refractivity contribution in [1.82, 2.24) is 4.98 Å². The van der Waals surface area contributed by atoms with Crippen LogP contribution >= 0.6 is 15.9 Å². The average molecular weight is 255 g/mol. The Bertz CT molecular complexity index is 511. The second kappa shape index (κ2) is 3.20. The Morgan fingerprint density at radius 1 is 1.36 bits per heavy atom. The van der Waals surface area contributed by atoms with E-state index in [2.05, 4.69) is 20.9 Å². The number of hydrogen-bond acceptors (Lipinski definition) is 2. The molecule has 0 saturated carbocycles. The zero-order chi connectivity index (χ0) is 10.3. The highest BCUT2D eigenvalue weighted by Gasteiger charge is 2.05. The Hall–Kier alpha value is -1.16. The topological polar surface area (TPSA) is 38.9 Å². The van der Waals surface area contributed by atoms with Gasteiger partial charge in [0, 0.05) is 11.1 Å². The number of fused-ring (bicyclic) bond motifs is 1. The van der Waals surface area contributed by atoms with Crippen LogP contribution in [0.25, 0.3) is 10.8 Å². The van der Waals surface area contributed by atoms with E-state index in [9.17, 15) is 4.39 Å². The van der Waals surface area contributed by atoms with Gasteiger partial charge in [-0.05, 0) is 46.4 Å². The number of nitrogens with zero attached hydrogens (tertiary/aromatic N) is 1. The highest BCUT2D eigenvalue weighted by Crippen LogP contribution is 2.25. The minimum absolute atomic E-state index is 0.285. The molecule has 0 radical (unpaired) electrons. The Labute approximate surface area is 89.1 Å². The van der Waals surface area contributed by atoms with Crippen LogP contribution in [0.3, 0.4) is 0 Å². The third-order valence-corrected chi connectivity index (χ3v) is 2.69. The predicted octanol–water partition coefficient (Wildman–Crippen LogP) is 3.03. The van der Waals surface area contributed by atoms with Crippen LogP contribution in [-0.2, 0) is 0 Å². The molecule has 0 aliphatic carbocycles. The number of aryl methyl sites for hydroxylation is 1. The van der Waals surface area contributed by atoms with Gasteiger partial charge in [0.25, 0.3) is 0 Å². The van der Waals surface area contributed by atoms with E-state index in [1.54, 1.807) is 12.1 Å². The third kappa shape index (κ3) is 1.46. The smallest absolute Gasteiger partial charge is 0.138 e. The van der Waals surface area contributed by atoms with Gasteiger partial charge in [-0.25, -0.2) is 9.37 Å². The summed E-state index contributed by atoms with van der Waals surface area (Å²) in [6.45, 7) is 1.81. The largest absolute Gasteiger partial charge is 0.384 e. The number of rotatable bonds is 0. The van der Waals surface area contributed by atoms with Crippen molar-refractivity contribution in [3.63, 3.8) is 0 Å². The minimum atomic E-state index is -0.285. The van der Waals surface area contributed by atoms with E-state index in [0.717, 1.165) is 16.5 Å². The van der Waals surface area contributed by atoms with Gasteiger partial charge >= 0.3 is 0 Å². The van der Waals surface area contributed by atoms with Crippen LogP contribution in [0.5, 0.6) is 0 Å². The first-order valence-corrected chi connectivity index (χ1v) is 4.89. The summed E-state index contributed by atoms with van der Waals surface area (Å²) in [5.41, 5.74) is 6.33. The van der Waals surface area contributed by atoms with E-state index in [-0.39, 0.29) is 5.82 Å². The fraction of sp³-hybridized carbons (Fsp3) is 0.100. The number of nitrogen functional groups attached to an aromatic ring is 1. The van der Waals surface area contributed by atoms with Crippen molar-refractivity contribution >= 4 is 32.5 Å². The van der Waals surface area contributed by atoms with Crippen molar-refractivity contribution in [2.75, 3.05) is 5.73 Å². The second-order valence-corrected chi connectivity index (χ2v) is 3.97. The lowest BCUT2D eigenvalue weighted by molar-refractivity contribution is 0.623. The van der Waals surface area contributed by atoms with Gasteiger partial charge in [-0.1, -0.05) is 0 Å². The van der Waals surface area contributed by atoms with E-state index >= 15 is 0 Å². The number of benzene rings is 1. The molecule has 0 unspecified atom stereocenters. The molecule has 0 spiro atoms. The molecule has 72 valence electrons. The van der Waals surface area contributed by atoms with Crippen LogP contribution < -0.4 is 5.73 Å². The monoisotopic (exact) mass is 254 g/mol. The van der Waals surface area contributed by atoms with Crippen LogP contribution in [0.15, 0.2) is 22.7 Å². The Morgan fingerprint density at radius 2 is 2.07 bits per heavy atom. The maximum atomic E-state index is 13.2. The van der Waals surface area contributed by atoms with Crippen LogP contribution in [0.4, 0.5) is 10.2 Å². The van der Waals surface area contributed by atoms with E-state index in [1.165, 1.54) is 6.07 Å². The quantitative estimate of drug-likeness (QED) is 0.785. The molecule has 1 heterocycles. The summed E-state index contributed by atoms with van der Waals surface area (Å²) in [5, 5.41) is 1.68. The number of hydrogen-bond donors (Lipinski definition) is 1. The van der Waals surface area contributed by atoms with E-state index in [1.807, 2.05) is 6.92 Å². The fourth-order valence-electron chi connectivity index (χ4n) is 1.44. The number of anilines is 1. The maximum Gasteiger partial charge on any atom is 0.138 e. The van der Waals surface area contributed by atoms with E-state index in [4.69, 9.17) is 5.73 Å². The summed E-state index contributed by atoms with van der Waals surface area (Å²) in [4.78, 5) is 4.07. The molecule has 0 atom stereocenters. The Kier molecular flexibility index (Phi) is 2.15. The minimum Gasteiger partial charge on any atom is -0.384 e. The molecule has 0 aliphatic heterocycles. The first-order valence-electron chi connectivity index (χ1n) is 4.10. The maximum absolute atomic E-state index is 13.2.